The van der Waals surface area contributed by atoms with Gasteiger partial charge >= 0.3 is 0 Å². The molecular weight excluding hydrogens is 291 g/mol. The van der Waals surface area contributed by atoms with Crippen LogP contribution in [-0.4, -0.2) is 18.6 Å². The minimum Gasteiger partial charge on any atom is -0.496 e. The number of pyridine rings is 1. The quantitative estimate of drug-likeness (QED) is 0.882. The Balaban J connectivity index is 2.33. The Kier molecular flexibility index (Phi) is 5.53. The number of ether oxygens (including phenoxy) is 1. The van der Waals surface area contributed by atoms with Crippen molar-refractivity contribution in [2.24, 2.45) is 0 Å². The van der Waals surface area contributed by atoms with Crippen LogP contribution < -0.4 is 10.1 Å². The summed E-state index contributed by atoms with van der Waals surface area (Å²) in [6.07, 6.45) is 3.41. The number of aromatic nitrogens is 1. The van der Waals surface area contributed by atoms with Gasteiger partial charge in [-0.2, -0.15) is 0 Å². The van der Waals surface area contributed by atoms with E-state index in [2.05, 4.69) is 10.3 Å². The van der Waals surface area contributed by atoms with Gasteiger partial charge in [-0.15, -0.1) is 0 Å². The molecule has 1 unspecified atom stereocenters. The molecule has 1 aromatic heterocycles. The zero-order valence-corrected chi connectivity index (χ0v) is 12.8. The molecule has 2 aromatic rings. The third-order valence-corrected chi connectivity index (χ3v) is 3.53. The second kappa shape index (κ2) is 7.38. The van der Waals surface area contributed by atoms with Crippen molar-refractivity contribution in [1.29, 1.82) is 0 Å². The molecule has 0 saturated heterocycles. The Bertz CT molecular complexity index is 607. The predicted octanol–water partition coefficient (Wildman–Crippen LogP) is 3.78. The molecular formula is C16H18ClFN2O. The van der Waals surface area contributed by atoms with Crippen LogP contribution in [-0.2, 0) is 6.42 Å². The van der Waals surface area contributed by atoms with Gasteiger partial charge in [-0.1, -0.05) is 18.5 Å². The van der Waals surface area contributed by atoms with Gasteiger partial charge < -0.3 is 10.1 Å². The fraction of sp³-hybridized carbons (Fsp3) is 0.312. The van der Waals surface area contributed by atoms with Gasteiger partial charge in [0.15, 0.2) is 0 Å². The Morgan fingerprint density at radius 3 is 2.86 bits per heavy atom. The van der Waals surface area contributed by atoms with E-state index < -0.39 is 0 Å². The zero-order valence-electron chi connectivity index (χ0n) is 12.1. The maximum absolute atomic E-state index is 14.0. The number of halogens is 2. The van der Waals surface area contributed by atoms with Crippen LogP contribution in [0.2, 0.25) is 5.02 Å². The lowest BCUT2D eigenvalue weighted by atomic mass is 9.98. The highest BCUT2D eigenvalue weighted by Gasteiger charge is 2.17. The van der Waals surface area contributed by atoms with E-state index in [0.717, 1.165) is 17.9 Å². The molecule has 0 aliphatic carbocycles. The molecule has 112 valence electrons. The Morgan fingerprint density at radius 1 is 1.38 bits per heavy atom. The van der Waals surface area contributed by atoms with Gasteiger partial charge in [-0.05, 0) is 42.8 Å². The second-order valence-electron chi connectivity index (χ2n) is 4.67. The van der Waals surface area contributed by atoms with Crippen molar-refractivity contribution in [3.05, 3.63) is 58.6 Å². The molecule has 0 radical (unpaired) electrons. The Morgan fingerprint density at radius 2 is 2.19 bits per heavy atom. The number of benzene rings is 1. The Hall–Kier alpha value is -1.65. The maximum Gasteiger partial charge on any atom is 0.146 e. The first kappa shape index (κ1) is 15.7. The third kappa shape index (κ3) is 3.93. The van der Waals surface area contributed by atoms with E-state index in [-0.39, 0.29) is 11.9 Å². The lowest BCUT2D eigenvalue weighted by Crippen LogP contribution is -2.24. The lowest BCUT2D eigenvalue weighted by molar-refractivity contribution is 0.404. The molecule has 5 heteroatoms. The molecule has 21 heavy (non-hydrogen) atoms. The lowest BCUT2D eigenvalue weighted by Gasteiger charge is -2.20. The summed E-state index contributed by atoms with van der Waals surface area (Å²) in [5.41, 5.74) is 1.53. The third-order valence-electron chi connectivity index (χ3n) is 3.30. The molecule has 1 aromatic carbocycles. The van der Waals surface area contributed by atoms with Crippen LogP contribution in [0.4, 0.5) is 4.39 Å². The number of rotatable bonds is 6. The number of methoxy groups -OCH3 is 1. The molecule has 0 bridgehead atoms. The maximum atomic E-state index is 14.0. The number of nitrogens with zero attached hydrogens (tertiary/aromatic N) is 1. The van der Waals surface area contributed by atoms with Gasteiger partial charge in [0.05, 0.1) is 13.3 Å². The van der Waals surface area contributed by atoms with Crippen molar-refractivity contribution in [3.63, 3.8) is 0 Å². The SMILES string of the molecule is CCNC(Cc1cc(Cl)ccc1OC)c1ccncc1F. The minimum absolute atomic E-state index is 0.162. The van der Waals surface area contributed by atoms with Crippen molar-refractivity contribution in [2.75, 3.05) is 13.7 Å². The highest BCUT2D eigenvalue weighted by atomic mass is 35.5. The van der Waals surface area contributed by atoms with Gasteiger partial charge in [-0.25, -0.2) is 4.39 Å². The molecule has 0 fully saturated rings. The van der Waals surface area contributed by atoms with Crippen molar-refractivity contribution < 1.29 is 9.13 Å². The smallest absolute Gasteiger partial charge is 0.146 e. The first-order valence-corrected chi connectivity index (χ1v) is 7.18. The van der Waals surface area contributed by atoms with Crippen molar-refractivity contribution in [3.8, 4) is 5.75 Å². The van der Waals surface area contributed by atoms with E-state index in [1.54, 1.807) is 25.4 Å². The van der Waals surface area contributed by atoms with Crippen LogP contribution in [0.25, 0.3) is 0 Å². The van der Waals surface area contributed by atoms with Gasteiger partial charge in [0.25, 0.3) is 0 Å². The largest absolute Gasteiger partial charge is 0.496 e. The molecule has 1 N–H and O–H groups in total. The van der Waals surface area contributed by atoms with Crippen LogP contribution in [0.1, 0.15) is 24.1 Å². The number of likely N-dealkylation sites (N-methyl/N-ethyl adjacent to an activating group) is 1. The van der Waals surface area contributed by atoms with Crippen molar-refractivity contribution >= 4 is 11.6 Å². The van der Waals surface area contributed by atoms with E-state index in [4.69, 9.17) is 16.3 Å². The van der Waals surface area contributed by atoms with Gasteiger partial charge in [-0.3, -0.25) is 4.98 Å². The summed E-state index contributed by atoms with van der Waals surface area (Å²) in [5, 5.41) is 3.93. The van der Waals surface area contributed by atoms with Crippen LogP contribution in [0.15, 0.2) is 36.7 Å². The summed E-state index contributed by atoms with van der Waals surface area (Å²) >= 11 is 6.05. The summed E-state index contributed by atoms with van der Waals surface area (Å²) in [5.74, 6) is 0.432. The van der Waals surface area contributed by atoms with E-state index >= 15 is 0 Å². The predicted molar refractivity (Wildman–Crippen MR) is 82.3 cm³/mol. The van der Waals surface area contributed by atoms with E-state index in [9.17, 15) is 4.39 Å². The van der Waals surface area contributed by atoms with Crippen LogP contribution in [0.3, 0.4) is 0 Å². The van der Waals surface area contributed by atoms with E-state index in [1.165, 1.54) is 6.20 Å². The van der Waals surface area contributed by atoms with Crippen LogP contribution >= 0.6 is 11.6 Å². The zero-order chi connectivity index (χ0) is 15.2. The minimum atomic E-state index is -0.315. The Labute approximate surface area is 129 Å². The molecule has 1 atom stereocenters. The average Bonchev–Trinajstić information content (AvgIpc) is 2.48. The van der Waals surface area contributed by atoms with Gasteiger partial charge in [0.1, 0.15) is 11.6 Å². The topological polar surface area (TPSA) is 34.1 Å². The van der Waals surface area contributed by atoms with Gasteiger partial charge in [0.2, 0.25) is 0 Å². The summed E-state index contributed by atoms with van der Waals surface area (Å²) in [6.45, 7) is 2.72. The second-order valence-corrected chi connectivity index (χ2v) is 5.10. The summed E-state index contributed by atoms with van der Waals surface area (Å²) in [4.78, 5) is 3.79. The average molecular weight is 309 g/mol. The summed E-state index contributed by atoms with van der Waals surface area (Å²) < 4.78 is 19.3. The summed E-state index contributed by atoms with van der Waals surface area (Å²) in [6, 6.07) is 6.98. The van der Waals surface area contributed by atoms with Crippen LogP contribution in [0.5, 0.6) is 5.75 Å². The fourth-order valence-corrected chi connectivity index (χ4v) is 2.53. The molecule has 1 heterocycles. The molecule has 0 aliphatic heterocycles. The number of hydrogen-bond donors (Lipinski definition) is 1. The number of nitrogens with one attached hydrogen (secondary N) is 1. The van der Waals surface area contributed by atoms with E-state index in [1.807, 2.05) is 19.1 Å². The molecule has 0 aliphatic rings. The standard InChI is InChI=1S/C16H18ClFN2O/c1-3-20-15(13-6-7-19-10-14(13)18)9-11-8-12(17)4-5-16(11)21-2/h4-8,10,15,20H,3,9H2,1-2H3. The summed E-state index contributed by atoms with van der Waals surface area (Å²) in [7, 11) is 1.61. The first-order chi connectivity index (χ1) is 10.2. The highest BCUT2D eigenvalue weighted by molar-refractivity contribution is 6.30. The number of hydrogen-bond acceptors (Lipinski definition) is 3. The highest BCUT2D eigenvalue weighted by Crippen LogP contribution is 2.28. The molecule has 0 spiro atoms. The fourth-order valence-electron chi connectivity index (χ4n) is 2.33. The molecule has 2 rings (SSSR count). The monoisotopic (exact) mass is 308 g/mol. The van der Waals surface area contributed by atoms with Crippen molar-refractivity contribution in [2.45, 2.75) is 19.4 Å². The van der Waals surface area contributed by atoms with Crippen LogP contribution in [0, 0.1) is 5.82 Å². The molecule has 0 saturated carbocycles. The molecule has 3 nitrogen and oxygen atoms in total. The van der Waals surface area contributed by atoms with E-state index in [0.29, 0.717) is 17.0 Å². The first-order valence-electron chi connectivity index (χ1n) is 6.81. The molecule has 0 amide bonds. The normalized spacial score (nSPS) is 12.2. The van der Waals surface area contributed by atoms with Crippen molar-refractivity contribution in [1.82, 2.24) is 10.3 Å². The van der Waals surface area contributed by atoms with Gasteiger partial charge in [0, 0.05) is 22.8 Å².